The van der Waals surface area contributed by atoms with E-state index in [-0.39, 0.29) is 17.6 Å². The van der Waals surface area contributed by atoms with E-state index in [4.69, 9.17) is 4.74 Å². The van der Waals surface area contributed by atoms with Gasteiger partial charge in [-0.15, -0.1) is 0 Å². The number of nitro groups is 1. The highest BCUT2D eigenvalue weighted by Crippen LogP contribution is 2.01. The molecule has 76 valence electrons. The van der Waals surface area contributed by atoms with Gasteiger partial charge in [0, 0.05) is 18.0 Å². The van der Waals surface area contributed by atoms with Gasteiger partial charge in [0.05, 0.1) is 13.2 Å². The summed E-state index contributed by atoms with van der Waals surface area (Å²) in [5.74, 6) is 0. The Kier molecular flexibility index (Phi) is 4.07. The smallest absolute Gasteiger partial charge is 0.232 e. The van der Waals surface area contributed by atoms with Crippen LogP contribution in [0.5, 0.6) is 0 Å². The third-order valence-electron chi connectivity index (χ3n) is 2.14. The largest absolute Gasteiger partial charge is 0.379 e. The fourth-order valence-electron chi connectivity index (χ4n) is 1.42. The lowest BCUT2D eigenvalue weighted by Gasteiger charge is -2.31. The van der Waals surface area contributed by atoms with E-state index in [1.807, 2.05) is 4.90 Å². The molecule has 6 nitrogen and oxygen atoms in total. The molecule has 0 amide bonds. The molecule has 0 aliphatic carbocycles. The van der Waals surface area contributed by atoms with Crippen LogP contribution in [0.3, 0.4) is 0 Å². The fraction of sp³-hybridized carbons (Fsp3) is 1.00. The predicted octanol–water partition coefficient (Wildman–Crippen LogP) is -0.859. The van der Waals surface area contributed by atoms with Crippen LogP contribution in [0.1, 0.15) is 0 Å². The third kappa shape index (κ3) is 3.25. The molecule has 1 aliphatic heterocycles. The molecule has 1 fully saturated rings. The van der Waals surface area contributed by atoms with Crippen molar-refractivity contribution in [2.75, 3.05) is 39.9 Å². The molecular weight excluding hydrogens is 174 g/mol. The summed E-state index contributed by atoms with van der Waals surface area (Å²) in [6.07, 6.45) is -0.168. The third-order valence-corrected chi connectivity index (χ3v) is 2.14. The molecule has 1 unspecified atom stereocenters. The van der Waals surface area contributed by atoms with E-state index in [1.54, 1.807) is 7.05 Å². The van der Waals surface area contributed by atoms with Gasteiger partial charge in [0.2, 0.25) is 6.54 Å². The second-order valence-corrected chi connectivity index (χ2v) is 2.97. The number of hydrogen-bond acceptors (Lipinski definition) is 5. The van der Waals surface area contributed by atoms with Crippen LogP contribution < -0.4 is 5.32 Å². The van der Waals surface area contributed by atoms with E-state index in [2.05, 4.69) is 5.32 Å². The zero-order valence-corrected chi connectivity index (χ0v) is 7.73. The maximum Gasteiger partial charge on any atom is 0.232 e. The minimum absolute atomic E-state index is 0.0590. The highest BCUT2D eigenvalue weighted by atomic mass is 16.6. The normalized spacial score (nSPS) is 21.3. The second kappa shape index (κ2) is 5.11. The Bertz CT molecular complexity index is 170. The Hall–Kier alpha value is -0.720. The molecule has 1 saturated heterocycles. The van der Waals surface area contributed by atoms with Gasteiger partial charge in [0.1, 0.15) is 6.17 Å². The van der Waals surface area contributed by atoms with Crippen molar-refractivity contribution in [3.63, 3.8) is 0 Å². The van der Waals surface area contributed by atoms with Gasteiger partial charge < -0.3 is 4.74 Å². The molecule has 0 spiro atoms. The number of ether oxygens (including phenoxy) is 1. The summed E-state index contributed by atoms with van der Waals surface area (Å²) in [6.45, 7) is 2.79. The van der Waals surface area contributed by atoms with Crippen molar-refractivity contribution in [3.05, 3.63) is 10.1 Å². The average Bonchev–Trinajstić information content (AvgIpc) is 2.15. The van der Waals surface area contributed by atoms with E-state index >= 15 is 0 Å². The number of likely N-dealkylation sites (N-methyl/N-ethyl adjacent to an activating group) is 1. The maximum atomic E-state index is 10.3. The zero-order chi connectivity index (χ0) is 9.68. The van der Waals surface area contributed by atoms with Crippen LogP contribution in [0.15, 0.2) is 0 Å². The first-order chi connectivity index (χ1) is 6.24. The summed E-state index contributed by atoms with van der Waals surface area (Å²) in [4.78, 5) is 12.1. The minimum atomic E-state index is -0.295. The highest BCUT2D eigenvalue weighted by Gasteiger charge is 2.23. The van der Waals surface area contributed by atoms with E-state index in [9.17, 15) is 10.1 Å². The average molecular weight is 189 g/mol. The molecule has 1 rings (SSSR count). The second-order valence-electron chi connectivity index (χ2n) is 2.97. The Morgan fingerprint density at radius 3 is 2.69 bits per heavy atom. The Labute approximate surface area is 77.0 Å². The van der Waals surface area contributed by atoms with Crippen molar-refractivity contribution >= 4 is 0 Å². The van der Waals surface area contributed by atoms with Gasteiger partial charge in [-0.05, 0) is 7.05 Å². The lowest BCUT2D eigenvalue weighted by atomic mass is 10.3. The maximum absolute atomic E-state index is 10.3. The van der Waals surface area contributed by atoms with E-state index in [1.165, 1.54) is 0 Å². The monoisotopic (exact) mass is 189 g/mol. The van der Waals surface area contributed by atoms with Crippen LogP contribution in [0.2, 0.25) is 0 Å². The van der Waals surface area contributed by atoms with Gasteiger partial charge in [0.25, 0.3) is 0 Å². The molecule has 0 aromatic rings. The number of rotatable bonds is 4. The first-order valence-corrected chi connectivity index (χ1v) is 4.35. The quantitative estimate of drug-likeness (QED) is 0.460. The standard InChI is InChI=1S/C7H15N3O3/c1-8-7(6-10(11)12)9-2-4-13-5-3-9/h7-8H,2-6H2,1H3. The first kappa shape index (κ1) is 10.4. The highest BCUT2D eigenvalue weighted by molar-refractivity contribution is 4.69. The van der Waals surface area contributed by atoms with E-state index < -0.39 is 0 Å². The number of morpholine rings is 1. The van der Waals surface area contributed by atoms with Crippen LogP contribution in [-0.4, -0.2) is 55.9 Å². The molecule has 1 aliphatic rings. The minimum Gasteiger partial charge on any atom is -0.379 e. The van der Waals surface area contributed by atoms with Crippen LogP contribution in [0.25, 0.3) is 0 Å². The van der Waals surface area contributed by atoms with Gasteiger partial charge in [-0.3, -0.25) is 20.3 Å². The molecular formula is C7H15N3O3. The topological polar surface area (TPSA) is 67.6 Å². The molecule has 1 heterocycles. The summed E-state index contributed by atoms with van der Waals surface area (Å²) >= 11 is 0. The van der Waals surface area contributed by atoms with Crippen LogP contribution in [0, 0.1) is 10.1 Å². The van der Waals surface area contributed by atoms with E-state index in [0.717, 1.165) is 13.1 Å². The summed E-state index contributed by atoms with van der Waals surface area (Å²) in [5.41, 5.74) is 0. The Balaban J connectivity index is 2.39. The van der Waals surface area contributed by atoms with Crippen molar-refractivity contribution in [2.45, 2.75) is 6.17 Å². The molecule has 0 aromatic heterocycles. The van der Waals surface area contributed by atoms with Crippen LogP contribution in [-0.2, 0) is 4.74 Å². The molecule has 0 bridgehead atoms. The summed E-state index contributed by atoms with van der Waals surface area (Å²) in [6, 6.07) is 0. The van der Waals surface area contributed by atoms with Gasteiger partial charge >= 0.3 is 0 Å². The van der Waals surface area contributed by atoms with Gasteiger partial charge in [-0.25, -0.2) is 0 Å². The Morgan fingerprint density at radius 2 is 2.23 bits per heavy atom. The summed E-state index contributed by atoms with van der Waals surface area (Å²) in [7, 11) is 1.74. The number of nitrogens with one attached hydrogen (secondary N) is 1. The molecule has 13 heavy (non-hydrogen) atoms. The zero-order valence-electron chi connectivity index (χ0n) is 7.73. The van der Waals surface area contributed by atoms with Crippen LogP contribution >= 0.6 is 0 Å². The number of nitrogens with zero attached hydrogens (tertiary/aromatic N) is 2. The Morgan fingerprint density at radius 1 is 1.62 bits per heavy atom. The van der Waals surface area contributed by atoms with Gasteiger partial charge in [-0.1, -0.05) is 0 Å². The lowest BCUT2D eigenvalue weighted by molar-refractivity contribution is -0.488. The van der Waals surface area contributed by atoms with Crippen molar-refractivity contribution in [1.82, 2.24) is 10.2 Å². The molecule has 0 aromatic carbocycles. The van der Waals surface area contributed by atoms with Crippen molar-refractivity contribution in [3.8, 4) is 0 Å². The van der Waals surface area contributed by atoms with E-state index in [0.29, 0.717) is 13.2 Å². The molecule has 0 radical (unpaired) electrons. The van der Waals surface area contributed by atoms with Crippen molar-refractivity contribution in [2.24, 2.45) is 0 Å². The molecule has 1 N–H and O–H groups in total. The number of hydrogen-bond donors (Lipinski definition) is 1. The molecule has 0 saturated carbocycles. The van der Waals surface area contributed by atoms with Gasteiger partial charge in [0.15, 0.2) is 0 Å². The van der Waals surface area contributed by atoms with Crippen molar-refractivity contribution < 1.29 is 9.66 Å². The first-order valence-electron chi connectivity index (χ1n) is 4.35. The molecule has 1 atom stereocenters. The van der Waals surface area contributed by atoms with Gasteiger partial charge in [-0.2, -0.15) is 0 Å². The fourth-order valence-corrected chi connectivity index (χ4v) is 1.42. The van der Waals surface area contributed by atoms with Crippen molar-refractivity contribution in [1.29, 1.82) is 0 Å². The lowest BCUT2D eigenvalue weighted by Crippen LogP contribution is -2.52. The SMILES string of the molecule is CNC(C[N+](=O)[O-])N1CCOCC1. The predicted molar refractivity (Wildman–Crippen MR) is 47.1 cm³/mol. The van der Waals surface area contributed by atoms with Crippen LogP contribution in [0.4, 0.5) is 0 Å². The summed E-state index contributed by atoms with van der Waals surface area (Å²) in [5, 5.41) is 13.3. The summed E-state index contributed by atoms with van der Waals surface area (Å²) < 4.78 is 5.16. The molecule has 6 heteroatoms.